The summed E-state index contributed by atoms with van der Waals surface area (Å²) in [4.78, 5) is 17.8. The molecule has 1 saturated carbocycles. The molecule has 3 heteroatoms. The number of pyridine rings is 1. The Hall–Kier alpha value is -2.94. The maximum atomic E-state index is 13.1. The Morgan fingerprint density at radius 1 is 0.917 bits per heavy atom. The lowest BCUT2D eigenvalue weighted by Gasteiger charge is -2.09. The first-order chi connectivity index (χ1) is 11.8. The Morgan fingerprint density at radius 3 is 2.58 bits per heavy atom. The van der Waals surface area contributed by atoms with Crippen LogP contribution in [0, 0.1) is 0 Å². The molecule has 2 heterocycles. The molecule has 0 N–H and O–H groups in total. The van der Waals surface area contributed by atoms with Gasteiger partial charge in [0.05, 0.1) is 22.2 Å². The molecule has 116 valence electrons. The summed E-state index contributed by atoms with van der Waals surface area (Å²) in [5.74, 6) is 1.13. The standard InChI is InChI=1S/C21H15NO2/c23-20-15-6-2-4-8-18(15)24-21(14-9-10-14)19(20)17-12-11-13-5-1-3-7-16(13)22-17/h1-8,11-12,14H,9-10H2. The van der Waals surface area contributed by atoms with E-state index < -0.39 is 0 Å². The first kappa shape index (κ1) is 13.5. The van der Waals surface area contributed by atoms with Gasteiger partial charge < -0.3 is 4.42 Å². The van der Waals surface area contributed by atoms with Gasteiger partial charge in [-0.25, -0.2) is 4.98 Å². The summed E-state index contributed by atoms with van der Waals surface area (Å²) < 4.78 is 6.12. The van der Waals surface area contributed by atoms with Crippen LogP contribution in [0.3, 0.4) is 0 Å². The second-order valence-corrected chi connectivity index (χ2v) is 6.33. The third-order valence-electron chi connectivity index (χ3n) is 4.63. The number of benzene rings is 2. The normalized spacial score (nSPS) is 14.3. The van der Waals surface area contributed by atoms with E-state index in [1.165, 1.54) is 0 Å². The Morgan fingerprint density at radius 2 is 1.71 bits per heavy atom. The average Bonchev–Trinajstić information content (AvgIpc) is 3.46. The van der Waals surface area contributed by atoms with Crippen molar-refractivity contribution >= 4 is 21.9 Å². The lowest BCUT2D eigenvalue weighted by Crippen LogP contribution is -2.09. The predicted molar refractivity (Wildman–Crippen MR) is 95.2 cm³/mol. The Kier molecular flexibility index (Phi) is 2.83. The van der Waals surface area contributed by atoms with Gasteiger partial charge in [0, 0.05) is 11.3 Å². The molecule has 0 bridgehead atoms. The van der Waals surface area contributed by atoms with Crippen LogP contribution >= 0.6 is 0 Å². The van der Waals surface area contributed by atoms with E-state index in [9.17, 15) is 4.79 Å². The van der Waals surface area contributed by atoms with Crippen molar-refractivity contribution in [2.45, 2.75) is 18.8 Å². The number of nitrogens with zero attached hydrogens (tertiary/aromatic N) is 1. The maximum Gasteiger partial charge on any atom is 0.202 e. The molecule has 0 radical (unpaired) electrons. The zero-order valence-corrected chi connectivity index (χ0v) is 13.0. The molecule has 0 unspecified atom stereocenters. The van der Waals surface area contributed by atoms with Crippen LogP contribution in [0.1, 0.15) is 24.5 Å². The summed E-state index contributed by atoms with van der Waals surface area (Å²) in [6, 6.07) is 19.3. The summed E-state index contributed by atoms with van der Waals surface area (Å²) in [7, 11) is 0. The van der Waals surface area contributed by atoms with Gasteiger partial charge in [-0.15, -0.1) is 0 Å². The summed E-state index contributed by atoms with van der Waals surface area (Å²) in [6.07, 6.45) is 2.14. The van der Waals surface area contributed by atoms with Gasteiger partial charge in [-0.2, -0.15) is 0 Å². The van der Waals surface area contributed by atoms with Crippen LogP contribution in [0.25, 0.3) is 33.1 Å². The van der Waals surface area contributed by atoms with Gasteiger partial charge in [-0.05, 0) is 37.1 Å². The molecule has 1 aliphatic carbocycles. The topological polar surface area (TPSA) is 43.1 Å². The zero-order chi connectivity index (χ0) is 16.1. The van der Waals surface area contributed by atoms with Crippen molar-refractivity contribution in [3.05, 3.63) is 76.6 Å². The van der Waals surface area contributed by atoms with Crippen LogP contribution in [0.4, 0.5) is 0 Å². The zero-order valence-electron chi connectivity index (χ0n) is 13.0. The fraction of sp³-hybridized carbons (Fsp3) is 0.143. The van der Waals surface area contributed by atoms with Gasteiger partial charge >= 0.3 is 0 Å². The molecule has 0 atom stereocenters. The van der Waals surface area contributed by atoms with Crippen LogP contribution in [-0.4, -0.2) is 4.98 Å². The van der Waals surface area contributed by atoms with Crippen LogP contribution in [0.5, 0.6) is 0 Å². The minimum atomic E-state index is 0.0153. The quantitative estimate of drug-likeness (QED) is 0.529. The second kappa shape index (κ2) is 5.03. The van der Waals surface area contributed by atoms with Gasteiger partial charge in [0.1, 0.15) is 11.3 Å². The van der Waals surface area contributed by atoms with Crippen molar-refractivity contribution in [1.82, 2.24) is 4.98 Å². The fourth-order valence-electron chi connectivity index (χ4n) is 3.24. The monoisotopic (exact) mass is 313 g/mol. The molecule has 3 nitrogen and oxygen atoms in total. The van der Waals surface area contributed by atoms with Crippen LogP contribution in [0.15, 0.2) is 69.9 Å². The molecule has 5 rings (SSSR count). The smallest absolute Gasteiger partial charge is 0.202 e. The van der Waals surface area contributed by atoms with Gasteiger partial charge in [0.15, 0.2) is 0 Å². The Balaban J connectivity index is 1.85. The van der Waals surface area contributed by atoms with Crippen molar-refractivity contribution in [1.29, 1.82) is 0 Å². The number of hydrogen-bond donors (Lipinski definition) is 0. The summed E-state index contributed by atoms with van der Waals surface area (Å²) in [5.41, 5.74) is 2.90. The number of aromatic nitrogens is 1. The third-order valence-corrected chi connectivity index (χ3v) is 4.63. The van der Waals surface area contributed by atoms with Crippen molar-refractivity contribution in [2.75, 3.05) is 0 Å². The predicted octanol–water partition coefficient (Wildman–Crippen LogP) is 4.89. The first-order valence-electron chi connectivity index (χ1n) is 8.23. The maximum absolute atomic E-state index is 13.1. The molecule has 24 heavy (non-hydrogen) atoms. The van der Waals surface area contributed by atoms with Gasteiger partial charge in [-0.3, -0.25) is 4.79 Å². The van der Waals surface area contributed by atoms with Crippen molar-refractivity contribution in [2.24, 2.45) is 0 Å². The van der Waals surface area contributed by atoms with E-state index in [1.54, 1.807) is 0 Å². The number of rotatable bonds is 2. The van der Waals surface area contributed by atoms with Gasteiger partial charge in [-0.1, -0.05) is 36.4 Å². The van der Waals surface area contributed by atoms with E-state index in [1.807, 2.05) is 60.7 Å². The number of para-hydroxylation sites is 2. The molecule has 2 aromatic carbocycles. The van der Waals surface area contributed by atoms with E-state index in [0.717, 1.165) is 29.5 Å². The average molecular weight is 313 g/mol. The van der Waals surface area contributed by atoms with Gasteiger partial charge in [0.2, 0.25) is 5.43 Å². The highest BCUT2D eigenvalue weighted by Gasteiger charge is 2.32. The molecular formula is C21H15NO2. The highest BCUT2D eigenvalue weighted by Crippen LogP contribution is 2.44. The molecule has 0 amide bonds. The lowest BCUT2D eigenvalue weighted by molar-refractivity contribution is 0.541. The molecule has 0 aliphatic heterocycles. The lowest BCUT2D eigenvalue weighted by atomic mass is 10.0. The molecule has 0 spiro atoms. The minimum Gasteiger partial charge on any atom is -0.460 e. The number of hydrogen-bond acceptors (Lipinski definition) is 3. The summed E-state index contributed by atoms with van der Waals surface area (Å²) in [6.45, 7) is 0. The SMILES string of the molecule is O=c1c(-c2ccc3ccccc3n2)c(C2CC2)oc2ccccc12. The van der Waals surface area contributed by atoms with Crippen LogP contribution in [-0.2, 0) is 0 Å². The van der Waals surface area contributed by atoms with Crippen molar-refractivity contribution < 1.29 is 4.42 Å². The Labute approximate surface area is 138 Å². The minimum absolute atomic E-state index is 0.0153. The molecular weight excluding hydrogens is 298 g/mol. The highest BCUT2D eigenvalue weighted by molar-refractivity contribution is 5.85. The Bertz CT molecular complexity index is 1140. The summed E-state index contributed by atoms with van der Waals surface area (Å²) >= 11 is 0. The molecule has 1 aliphatic rings. The summed E-state index contributed by atoms with van der Waals surface area (Å²) in [5, 5.41) is 1.69. The van der Waals surface area contributed by atoms with E-state index in [2.05, 4.69) is 0 Å². The first-order valence-corrected chi connectivity index (χ1v) is 8.23. The van der Waals surface area contributed by atoms with Gasteiger partial charge in [0.25, 0.3) is 0 Å². The van der Waals surface area contributed by atoms with E-state index >= 15 is 0 Å². The fourth-order valence-corrected chi connectivity index (χ4v) is 3.24. The van der Waals surface area contributed by atoms with E-state index in [-0.39, 0.29) is 5.43 Å². The molecule has 2 aromatic heterocycles. The van der Waals surface area contributed by atoms with Crippen molar-refractivity contribution in [3.63, 3.8) is 0 Å². The highest BCUT2D eigenvalue weighted by atomic mass is 16.3. The third kappa shape index (κ3) is 2.05. The van der Waals surface area contributed by atoms with Crippen molar-refractivity contribution in [3.8, 4) is 11.3 Å². The van der Waals surface area contributed by atoms with Crippen LogP contribution < -0.4 is 5.43 Å². The number of fused-ring (bicyclic) bond motifs is 2. The molecule has 4 aromatic rings. The van der Waals surface area contributed by atoms with Crippen LogP contribution in [0.2, 0.25) is 0 Å². The largest absolute Gasteiger partial charge is 0.460 e. The molecule has 0 saturated heterocycles. The van der Waals surface area contributed by atoms with E-state index in [4.69, 9.17) is 9.40 Å². The van der Waals surface area contributed by atoms with E-state index in [0.29, 0.717) is 28.1 Å². The molecule has 1 fully saturated rings. The second-order valence-electron chi connectivity index (χ2n) is 6.33.